The molecule has 24 heavy (non-hydrogen) atoms. The van der Waals surface area contributed by atoms with Gasteiger partial charge in [-0.15, -0.1) is 0 Å². The van der Waals surface area contributed by atoms with Crippen molar-refractivity contribution in [2.75, 3.05) is 0 Å². The Kier molecular flexibility index (Phi) is 3.59. The first-order valence-electron chi connectivity index (χ1n) is 7.11. The molecule has 7 heteroatoms. The van der Waals surface area contributed by atoms with Gasteiger partial charge in [-0.25, -0.2) is 4.98 Å². The van der Waals surface area contributed by atoms with Crippen molar-refractivity contribution >= 4 is 51.4 Å². The molecule has 0 aliphatic rings. The molecule has 4 rings (SSSR count). The molecule has 5 nitrogen and oxygen atoms in total. The zero-order chi connectivity index (χ0) is 16.7. The van der Waals surface area contributed by atoms with Crippen LogP contribution in [0.25, 0.3) is 21.9 Å². The first-order chi connectivity index (χ1) is 11.6. The zero-order valence-corrected chi connectivity index (χ0v) is 13.7. The molecule has 0 fully saturated rings. The molecule has 0 aliphatic heterocycles. The molecular formula is C17H10Cl2N4O. The van der Waals surface area contributed by atoms with Crippen molar-refractivity contribution in [3.05, 3.63) is 74.8 Å². The molecule has 0 amide bonds. The Hall–Kier alpha value is -2.63. The maximum Gasteiger partial charge on any atom is 0.298 e. The minimum Gasteiger partial charge on any atom is -0.349 e. The Bertz CT molecular complexity index is 1160. The Balaban J connectivity index is 1.81. The van der Waals surface area contributed by atoms with Gasteiger partial charge in [-0.2, -0.15) is 9.78 Å². The third-order valence-corrected chi connectivity index (χ3v) is 4.41. The van der Waals surface area contributed by atoms with Gasteiger partial charge < -0.3 is 4.98 Å². The summed E-state index contributed by atoms with van der Waals surface area (Å²) in [6, 6.07) is 12.7. The number of benzene rings is 2. The lowest BCUT2D eigenvalue weighted by Crippen LogP contribution is -2.17. The Labute approximate surface area is 146 Å². The van der Waals surface area contributed by atoms with Crippen molar-refractivity contribution in [3.63, 3.8) is 0 Å². The van der Waals surface area contributed by atoms with E-state index >= 15 is 0 Å². The molecule has 2 aromatic carbocycles. The van der Waals surface area contributed by atoms with Crippen LogP contribution < -0.4 is 5.56 Å². The highest BCUT2D eigenvalue weighted by Crippen LogP contribution is 2.22. The number of para-hydroxylation sites is 1. The number of nitrogens with one attached hydrogen (secondary N) is 1. The fourth-order valence-corrected chi connectivity index (χ4v) is 2.81. The largest absolute Gasteiger partial charge is 0.349 e. The van der Waals surface area contributed by atoms with E-state index < -0.39 is 0 Å². The number of halogens is 2. The second-order valence-corrected chi connectivity index (χ2v) is 6.02. The monoisotopic (exact) mass is 356 g/mol. The third kappa shape index (κ3) is 2.48. The summed E-state index contributed by atoms with van der Waals surface area (Å²) in [5, 5.41) is 5.96. The van der Waals surface area contributed by atoms with Crippen molar-refractivity contribution < 1.29 is 0 Å². The van der Waals surface area contributed by atoms with E-state index in [0.29, 0.717) is 21.1 Å². The van der Waals surface area contributed by atoms with Crippen molar-refractivity contribution in [2.45, 2.75) is 0 Å². The predicted molar refractivity (Wildman–Crippen MR) is 97.3 cm³/mol. The normalized spacial score (nSPS) is 11.8. The standard InChI is InChI=1S/C17H10Cl2N4O/c18-12-6-5-10(7-13(12)19)8-21-23-9-20-15-11-3-1-2-4-14(11)22-16(15)17(23)24/h1-9,22H. The Morgan fingerprint density at radius 1 is 1.12 bits per heavy atom. The Morgan fingerprint density at radius 3 is 2.79 bits per heavy atom. The first-order valence-corrected chi connectivity index (χ1v) is 7.86. The second-order valence-electron chi connectivity index (χ2n) is 5.21. The van der Waals surface area contributed by atoms with Crippen molar-refractivity contribution in [1.82, 2.24) is 14.6 Å². The number of hydrogen-bond donors (Lipinski definition) is 1. The molecular weight excluding hydrogens is 347 g/mol. The minimum atomic E-state index is -0.271. The number of nitrogens with zero attached hydrogens (tertiary/aromatic N) is 3. The first kappa shape index (κ1) is 14.9. The van der Waals surface area contributed by atoms with E-state index in [9.17, 15) is 4.79 Å². The lowest BCUT2D eigenvalue weighted by atomic mass is 10.2. The Morgan fingerprint density at radius 2 is 1.96 bits per heavy atom. The van der Waals surface area contributed by atoms with Crippen LogP contribution in [0.1, 0.15) is 5.56 Å². The molecule has 0 unspecified atom stereocenters. The van der Waals surface area contributed by atoms with Gasteiger partial charge in [-0.1, -0.05) is 47.5 Å². The van der Waals surface area contributed by atoms with Crippen LogP contribution in [0.3, 0.4) is 0 Å². The van der Waals surface area contributed by atoms with E-state index in [1.165, 1.54) is 17.2 Å². The molecule has 2 aromatic heterocycles. The molecule has 0 saturated heterocycles. The second kappa shape index (κ2) is 5.78. The average Bonchev–Trinajstić information content (AvgIpc) is 2.97. The quantitative estimate of drug-likeness (QED) is 0.550. The smallest absolute Gasteiger partial charge is 0.298 e. The summed E-state index contributed by atoms with van der Waals surface area (Å²) in [6.07, 6.45) is 2.93. The van der Waals surface area contributed by atoms with Crippen LogP contribution >= 0.6 is 23.2 Å². The van der Waals surface area contributed by atoms with Gasteiger partial charge in [0.25, 0.3) is 5.56 Å². The number of aromatic nitrogens is 3. The molecule has 2 heterocycles. The van der Waals surface area contributed by atoms with Gasteiger partial charge >= 0.3 is 0 Å². The van der Waals surface area contributed by atoms with Crippen LogP contribution in [0.5, 0.6) is 0 Å². The van der Waals surface area contributed by atoms with Crippen molar-refractivity contribution in [3.8, 4) is 0 Å². The van der Waals surface area contributed by atoms with Crippen LogP contribution in [-0.2, 0) is 0 Å². The van der Waals surface area contributed by atoms with Gasteiger partial charge in [0.2, 0.25) is 0 Å². The summed E-state index contributed by atoms with van der Waals surface area (Å²) in [4.78, 5) is 20.0. The van der Waals surface area contributed by atoms with Crippen LogP contribution in [-0.4, -0.2) is 20.9 Å². The number of fused-ring (bicyclic) bond motifs is 3. The van der Waals surface area contributed by atoms with Gasteiger partial charge in [-0.3, -0.25) is 4.79 Å². The average molecular weight is 357 g/mol. The van der Waals surface area contributed by atoms with Gasteiger partial charge in [0, 0.05) is 10.9 Å². The lowest BCUT2D eigenvalue weighted by Gasteiger charge is -1.99. The number of aromatic amines is 1. The maximum atomic E-state index is 12.6. The summed E-state index contributed by atoms with van der Waals surface area (Å²) in [7, 11) is 0. The molecule has 0 spiro atoms. The number of rotatable bonds is 2. The molecule has 118 valence electrons. The van der Waals surface area contributed by atoms with Gasteiger partial charge in [0.15, 0.2) is 0 Å². The van der Waals surface area contributed by atoms with Gasteiger partial charge in [0.1, 0.15) is 17.4 Å². The summed E-state index contributed by atoms with van der Waals surface area (Å²) in [5.74, 6) is 0. The third-order valence-electron chi connectivity index (χ3n) is 3.67. The summed E-state index contributed by atoms with van der Waals surface area (Å²) < 4.78 is 1.18. The van der Waals surface area contributed by atoms with Crippen LogP contribution in [0.4, 0.5) is 0 Å². The number of hydrogen-bond acceptors (Lipinski definition) is 3. The van der Waals surface area contributed by atoms with E-state index in [-0.39, 0.29) is 5.56 Å². The van der Waals surface area contributed by atoms with Crippen LogP contribution in [0.2, 0.25) is 10.0 Å². The number of H-pyrrole nitrogens is 1. The van der Waals surface area contributed by atoms with E-state index in [0.717, 1.165) is 16.5 Å². The fourth-order valence-electron chi connectivity index (χ4n) is 2.50. The maximum absolute atomic E-state index is 12.6. The molecule has 4 aromatic rings. The zero-order valence-electron chi connectivity index (χ0n) is 12.2. The van der Waals surface area contributed by atoms with E-state index in [1.807, 2.05) is 24.3 Å². The van der Waals surface area contributed by atoms with Crippen LogP contribution in [0, 0.1) is 0 Å². The minimum absolute atomic E-state index is 0.271. The van der Waals surface area contributed by atoms with E-state index in [2.05, 4.69) is 15.1 Å². The fraction of sp³-hybridized carbons (Fsp3) is 0. The highest BCUT2D eigenvalue weighted by molar-refractivity contribution is 6.42. The van der Waals surface area contributed by atoms with Crippen molar-refractivity contribution in [2.24, 2.45) is 5.10 Å². The molecule has 1 N–H and O–H groups in total. The van der Waals surface area contributed by atoms with Crippen molar-refractivity contribution in [1.29, 1.82) is 0 Å². The molecule has 0 radical (unpaired) electrons. The molecule has 0 aliphatic carbocycles. The molecule has 0 atom stereocenters. The summed E-state index contributed by atoms with van der Waals surface area (Å²) >= 11 is 11.9. The SMILES string of the molecule is O=c1c2[nH]c3ccccc3c2ncn1N=Cc1ccc(Cl)c(Cl)c1. The van der Waals surface area contributed by atoms with E-state index in [4.69, 9.17) is 23.2 Å². The topological polar surface area (TPSA) is 63.0 Å². The summed E-state index contributed by atoms with van der Waals surface area (Å²) in [5.41, 5.74) is 2.38. The van der Waals surface area contributed by atoms with Gasteiger partial charge in [-0.05, 0) is 23.8 Å². The predicted octanol–water partition coefficient (Wildman–Crippen LogP) is 4.07. The lowest BCUT2D eigenvalue weighted by molar-refractivity contribution is 0.815. The molecule has 0 saturated carbocycles. The molecule has 0 bridgehead atoms. The van der Waals surface area contributed by atoms with Gasteiger partial charge in [0.05, 0.1) is 16.3 Å². The summed E-state index contributed by atoms with van der Waals surface area (Å²) in [6.45, 7) is 0. The van der Waals surface area contributed by atoms with Crippen LogP contribution in [0.15, 0.2) is 58.7 Å². The highest BCUT2D eigenvalue weighted by atomic mass is 35.5. The highest BCUT2D eigenvalue weighted by Gasteiger charge is 2.09. The van der Waals surface area contributed by atoms with E-state index in [1.54, 1.807) is 18.2 Å².